The molecule has 0 radical (unpaired) electrons. The zero-order valence-electron chi connectivity index (χ0n) is 12.4. The van der Waals surface area contributed by atoms with Crippen LogP contribution < -0.4 is 16.4 Å². The molecule has 0 heterocycles. The van der Waals surface area contributed by atoms with Crippen molar-refractivity contribution in [1.82, 2.24) is 5.32 Å². The average Bonchev–Trinajstić information content (AvgIpc) is 2.49. The summed E-state index contributed by atoms with van der Waals surface area (Å²) < 4.78 is 0. The minimum atomic E-state index is -0.214. The second kappa shape index (κ2) is 6.90. The predicted octanol–water partition coefficient (Wildman–Crippen LogP) is 3.34. The fraction of sp³-hybridized carbons (Fsp3) is 0.235. The molecule has 2 aromatic carbocycles. The quantitative estimate of drug-likeness (QED) is 0.805. The molecule has 0 aromatic heterocycles. The van der Waals surface area contributed by atoms with E-state index in [0.717, 1.165) is 22.4 Å². The maximum Gasteiger partial charge on any atom is 0.319 e. The molecular weight excluding hydrogens is 262 g/mol. The molecule has 0 aliphatic rings. The minimum absolute atomic E-state index is 0.0673. The molecule has 0 fully saturated rings. The zero-order chi connectivity index (χ0) is 15.2. The van der Waals surface area contributed by atoms with Gasteiger partial charge in [0.15, 0.2) is 0 Å². The number of carbonyl (C=O) groups is 1. The SMILES string of the molecule is Cc1ccc(NC(=O)NC(C)c2ccc(CN)cc2)cc1. The van der Waals surface area contributed by atoms with Gasteiger partial charge in [0.05, 0.1) is 6.04 Å². The van der Waals surface area contributed by atoms with Gasteiger partial charge in [-0.25, -0.2) is 4.79 Å². The number of rotatable bonds is 4. The number of carbonyl (C=O) groups excluding carboxylic acids is 1. The molecule has 0 aliphatic carbocycles. The van der Waals surface area contributed by atoms with Gasteiger partial charge in [-0.2, -0.15) is 0 Å². The Balaban J connectivity index is 1.93. The minimum Gasteiger partial charge on any atom is -0.331 e. The number of benzene rings is 2. The molecular formula is C17H21N3O. The number of anilines is 1. The predicted molar refractivity (Wildman–Crippen MR) is 86.1 cm³/mol. The summed E-state index contributed by atoms with van der Waals surface area (Å²) in [4.78, 5) is 12.0. The van der Waals surface area contributed by atoms with Crippen molar-refractivity contribution >= 4 is 11.7 Å². The number of nitrogens with one attached hydrogen (secondary N) is 2. The Kier molecular flexibility index (Phi) is 4.95. The van der Waals surface area contributed by atoms with E-state index in [4.69, 9.17) is 5.73 Å². The molecule has 0 bridgehead atoms. The molecule has 0 aliphatic heterocycles. The van der Waals surface area contributed by atoms with Crippen molar-refractivity contribution in [3.63, 3.8) is 0 Å². The maximum absolute atomic E-state index is 12.0. The summed E-state index contributed by atoms with van der Waals surface area (Å²) in [7, 11) is 0. The normalized spacial score (nSPS) is 11.8. The summed E-state index contributed by atoms with van der Waals surface area (Å²) in [5.74, 6) is 0. The lowest BCUT2D eigenvalue weighted by Crippen LogP contribution is -2.31. The van der Waals surface area contributed by atoms with Crippen molar-refractivity contribution in [2.45, 2.75) is 26.4 Å². The molecule has 110 valence electrons. The van der Waals surface area contributed by atoms with Crippen molar-refractivity contribution < 1.29 is 4.79 Å². The monoisotopic (exact) mass is 283 g/mol. The first-order valence-electron chi connectivity index (χ1n) is 7.01. The lowest BCUT2D eigenvalue weighted by Gasteiger charge is -2.15. The lowest BCUT2D eigenvalue weighted by molar-refractivity contribution is 0.249. The number of hydrogen-bond donors (Lipinski definition) is 3. The highest BCUT2D eigenvalue weighted by molar-refractivity contribution is 5.89. The molecule has 2 rings (SSSR count). The number of aryl methyl sites for hydroxylation is 1. The van der Waals surface area contributed by atoms with E-state index in [2.05, 4.69) is 10.6 Å². The van der Waals surface area contributed by atoms with Crippen molar-refractivity contribution in [1.29, 1.82) is 0 Å². The molecule has 1 unspecified atom stereocenters. The highest BCUT2D eigenvalue weighted by atomic mass is 16.2. The van der Waals surface area contributed by atoms with Crippen LogP contribution in [0.4, 0.5) is 10.5 Å². The standard InChI is InChI=1S/C17H21N3O/c1-12-3-9-16(10-4-12)20-17(21)19-13(2)15-7-5-14(11-18)6-8-15/h3-10,13H,11,18H2,1-2H3,(H2,19,20,21). The van der Waals surface area contributed by atoms with Gasteiger partial charge < -0.3 is 16.4 Å². The molecule has 4 heteroatoms. The third kappa shape index (κ3) is 4.33. The fourth-order valence-electron chi connectivity index (χ4n) is 2.03. The van der Waals surface area contributed by atoms with Gasteiger partial charge in [-0.3, -0.25) is 0 Å². The first-order chi connectivity index (χ1) is 10.1. The van der Waals surface area contributed by atoms with Crippen LogP contribution >= 0.6 is 0 Å². The van der Waals surface area contributed by atoms with E-state index >= 15 is 0 Å². The van der Waals surface area contributed by atoms with E-state index in [1.807, 2.05) is 62.4 Å². The smallest absolute Gasteiger partial charge is 0.319 e. The Bertz CT molecular complexity index is 590. The molecule has 0 spiro atoms. The Morgan fingerprint density at radius 3 is 2.29 bits per heavy atom. The van der Waals surface area contributed by atoms with Crippen LogP contribution in [0.15, 0.2) is 48.5 Å². The molecule has 2 amide bonds. The van der Waals surface area contributed by atoms with Gasteiger partial charge in [-0.15, -0.1) is 0 Å². The molecule has 1 atom stereocenters. The summed E-state index contributed by atoms with van der Waals surface area (Å²) >= 11 is 0. The van der Waals surface area contributed by atoms with E-state index in [0.29, 0.717) is 6.54 Å². The number of amides is 2. The summed E-state index contributed by atoms with van der Waals surface area (Å²) in [6, 6.07) is 15.3. The van der Waals surface area contributed by atoms with E-state index in [1.54, 1.807) is 0 Å². The third-order valence-corrected chi connectivity index (χ3v) is 3.37. The van der Waals surface area contributed by atoms with Crippen LogP contribution in [0.2, 0.25) is 0 Å². The Labute approximate surface area is 125 Å². The second-order valence-corrected chi connectivity index (χ2v) is 5.13. The van der Waals surface area contributed by atoms with Gasteiger partial charge in [0.2, 0.25) is 0 Å². The maximum atomic E-state index is 12.0. The molecule has 2 aromatic rings. The van der Waals surface area contributed by atoms with E-state index in [1.165, 1.54) is 0 Å². The van der Waals surface area contributed by atoms with Crippen LogP contribution in [0, 0.1) is 6.92 Å². The van der Waals surface area contributed by atoms with Crippen LogP contribution in [0.1, 0.15) is 29.7 Å². The number of hydrogen-bond acceptors (Lipinski definition) is 2. The van der Waals surface area contributed by atoms with E-state index in [-0.39, 0.29) is 12.1 Å². The van der Waals surface area contributed by atoms with E-state index in [9.17, 15) is 4.79 Å². The average molecular weight is 283 g/mol. The van der Waals surface area contributed by atoms with Gasteiger partial charge in [-0.1, -0.05) is 42.0 Å². The fourth-order valence-corrected chi connectivity index (χ4v) is 2.03. The topological polar surface area (TPSA) is 67.2 Å². The van der Waals surface area contributed by atoms with Crippen LogP contribution in [0.3, 0.4) is 0 Å². The number of urea groups is 1. The molecule has 4 N–H and O–H groups in total. The summed E-state index contributed by atoms with van der Waals surface area (Å²) in [6.07, 6.45) is 0. The third-order valence-electron chi connectivity index (χ3n) is 3.37. The van der Waals surface area contributed by atoms with Crippen molar-refractivity contribution in [2.75, 3.05) is 5.32 Å². The highest BCUT2D eigenvalue weighted by Gasteiger charge is 2.09. The molecule has 21 heavy (non-hydrogen) atoms. The number of nitrogens with two attached hydrogens (primary N) is 1. The van der Waals surface area contributed by atoms with Crippen LogP contribution in [0.5, 0.6) is 0 Å². The Morgan fingerprint density at radius 1 is 1.10 bits per heavy atom. The summed E-state index contributed by atoms with van der Waals surface area (Å²) in [6.45, 7) is 4.49. The van der Waals surface area contributed by atoms with Gasteiger partial charge in [0.1, 0.15) is 0 Å². The van der Waals surface area contributed by atoms with Crippen molar-refractivity contribution in [3.8, 4) is 0 Å². The molecule has 0 saturated heterocycles. The zero-order valence-corrected chi connectivity index (χ0v) is 12.4. The van der Waals surface area contributed by atoms with Crippen LogP contribution in [-0.4, -0.2) is 6.03 Å². The van der Waals surface area contributed by atoms with E-state index < -0.39 is 0 Å². The molecule has 0 saturated carbocycles. The van der Waals surface area contributed by atoms with Crippen molar-refractivity contribution in [2.24, 2.45) is 5.73 Å². The van der Waals surface area contributed by atoms with Gasteiger partial charge in [0.25, 0.3) is 0 Å². The van der Waals surface area contributed by atoms with Gasteiger partial charge in [-0.05, 0) is 37.1 Å². The molecule has 4 nitrogen and oxygen atoms in total. The Hall–Kier alpha value is -2.33. The summed E-state index contributed by atoms with van der Waals surface area (Å²) in [5.41, 5.74) is 9.64. The van der Waals surface area contributed by atoms with Gasteiger partial charge in [0, 0.05) is 12.2 Å². The van der Waals surface area contributed by atoms with Crippen LogP contribution in [0.25, 0.3) is 0 Å². The highest BCUT2D eigenvalue weighted by Crippen LogP contribution is 2.14. The largest absolute Gasteiger partial charge is 0.331 e. The first kappa shape index (κ1) is 15.1. The van der Waals surface area contributed by atoms with Gasteiger partial charge >= 0.3 is 6.03 Å². The Morgan fingerprint density at radius 2 is 1.71 bits per heavy atom. The van der Waals surface area contributed by atoms with Crippen molar-refractivity contribution in [3.05, 3.63) is 65.2 Å². The summed E-state index contributed by atoms with van der Waals surface area (Å²) in [5, 5.41) is 5.74. The second-order valence-electron chi connectivity index (χ2n) is 5.13. The van der Waals surface area contributed by atoms with Crippen LogP contribution in [-0.2, 0) is 6.54 Å². The lowest BCUT2D eigenvalue weighted by atomic mass is 10.1. The first-order valence-corrected chi connectivity index (χ1v) is 7.01.